The van der Waals surface area contributed by atoms with Crippen LogP contribution in [0.2, 0.25) is 0 Å². The van der Waals surface area contributed by atoms with Gasteiger partial charge >= 0.3 is 6.03 Å². The Morgan fingerprint density at radius 2 is 1.70 bits per heavy atom. The number of carbonyl (C=O) groups excluding carboxylic acids is 1. The van der Waals surface area contributed by atoms with Crippen molar-refractivity contribution in [1.29, 1.82) is 0 Å². The van der Waals surface area contributed by atoms with Crippen LogP contribution in [0.15, 0.2) is 72.8 Å². The normalized spacial score (nSPS) is 10.3. The van der Waals surface area contributed by atoms with Crippen LogP contribution in [0.25, 0.3) is 11.1 Å². The van der Waals surface area contributed by atoms with Crippen LogP contribution < -0.4 is 10.1 Å². The molecule has 27 heavy (non-hydrogen) atoms. The molecule has 4 heteroatoms. The van der Waals surface area contributed by atoms with Gasteiger partial charge in [0.25, 0.3) is 0 Å². The van der Waals surface area contributed by atoms with Crippen molar-refractivity contribution in [1.82, 2.24) is 4.90 Å². The standard InChI is InChI=1S/C23H24N2O2/c1-17-19(11-7-14-22(17)18-9-5-4-6-10-18)16-27-21-13-8-12-20(15-21)24-23(26)25(2)3/h4-15H,16H2,1-3H3,(H,24,26). The number of ether oxygens (including phenoxy) is 1. The van der Waals surface area contributed by atoms with E-state index >= 15 is 0 Å². The van der Waals surface area contributed by atoms with E-state index in [1.165, 1.54) is 21.6 Å². The number of nitrogens with one attached hydrogen (secondary N) is 1. The summed E-state index contributed by atoms with van der Waals surface area (Å²) in [7, 11) is 3.41. The van der Waals surface area contributed by atoms with Gasteiger partial charge in [0.2, 0.25) is 0 Å². The molecule has 4 nitrogen and oxygen atoms in total. The van der Waals surface area contributed by atoms with Crippen molar-refractivity contribution in [2.24, 2.45) is 0 Å². The molecular weight excluding hydrogens is 336 g/mol. The fraction of sp³-hybridized carbons (Fsp3) is 0.174. The lowest BCUT2D eigenvalue weighted by Crippen LogP contribution is -2.27. The zero-order chi connectivity index (χ0) is 19.2. The third kappa shape index (κ3) is 4.67. The summed E-state index contributed by atoms with van der Waals surface area (Å²) < 4.78 is 5.98. The number of anilines is 1. The van der Waals surface area contributed by atoms with Gasteiger partial charge in [0.1, 0.15) is 12.4 Å². The van der Waals surface area contributed by atoms with Crippen molar-refractivity contribution in [3.8, 4) is 16.9 Å². The molecule has 0 aromatic heterocycles. The Morgan fingerprint density at radius 3 is 2.44 bits per heavy atom. The van der Waals surface area contributed by atoms with E-state index in [0.29, 0.717) is 12.3 Å². The van der Waals surface area contributed by atoms with Crippen LogP contribution in [0, 0.1) is 6.92 Å². The predicted molar refractivity (Wildman–Crippen MR) is 110 cm³/mol. The van der Waals surface area contributed by atoms with Gasteiger partial charge in [-0.3, -0.25) is 0 Å². The molecule has 1 N–H and O–H groups in total. The van der Waals surface area contributed by atoms with E-state index in [-0.39, 0.29) is 6.03 Å². The highest BCUT2D eigenvalue weighted by Gasteiger charge is 2.08. The number of rotatable bonds is 5. The summed E-state index contributed by atoms with van der Waals surface area (Å²) in [5.41, 5.74) is 5.47. The van der Waals surface area contributed by atoms with E-state index in [4.69, 9.17) is 4.74 Å². The van der Waals surface area contributed by atoms with Crippen LogP contribution in [0.4, 0.5) is 10.5 Å². The molecule has 0 radical (unpaired) electrons. The lowest BCUT2D eigenvalue weighted by molar-refractivity contribution is 0.230. The number of hydrogen-bond donors (Lipinski definition) is 1. The zero-order valence-corrected chi connectivity index (χ0v) is 15.9. The van der Waals surface area contributed by atoms with Crippen LogP contribution in [-0.4, -0.2) is 25.0 Å². The Morgan fingerprint density at radius 1 is 0.963 bits per heavy atom. The number of carbonyl (C=O) groups is 1. The fourth-order valence-electron chi connectivity index (χ4n) is 2.83. The van der Waals surface area contributed by atoms with Gasteiger partial charge in [-0.2, -0.15) is 0 Å². The van der Waals surface area contributed by atoms with E-state index in [1.807, 2.05) is 42.5 Å². The third-order valence-electron chi connectivity index (χ3n) is 4.42. The molecule has 3 aromatic carbocycles. The molecule has 2 amide bonds. The van der Waals surface area contributed by atoms with Gasteiger partial charge in [0.15, 0.2) is 0 Å². The average molecular weight is 360 g/mol. The van der Waals surface area contributed by atoms with Crippen LogP contribution in [-0.2, 0) is 6.61 Å². The monoisotopic (exact) mass is 360 g/mol. The number of nitrogens with zero attached hydrogens (tertiary/aromatic N) is 1. The smallest absolute Gasteiger partial charge is 0.321 e. The molecule has 0 fully saturated rings. The molecule has 0 aliphatic carbocycles. The summed E-state index contributed by atoms with van der Waals surface area (Å²) in [6, 6.07) is 23.9. The first-order valence-corrected chi connectivity index (χ1v) is 8.89. The summed E-state index contributed by atoms with van der Waals surface area (Å²) in [6.45, 7) is 2.59. The fourth-order valence-corrected chi connectivity index (χ4v) is 2.83. The Balaban J connectivity index is 1.73. The number of urea groups is 1. The number of benzene rings is 3. The largest absolute Gasteiger partial charge is 0.489 e. The number of amides is 2. The minimum Gasteiger partial charge on any atom is -0.489 e. The van der Waals surface area contributed by atoms with Crippen molar-refractivity contribution in [2.45, 2.75) is 13.5 Å². The molecule has 0 aliphatic heterocycles. The molecule has 0 spiro atoms. The number of hydrogen-bond acceptors (Lipinski definition) is 2. The van der Waals surface area contributed by atoms with E-state index in [9.17, 15) is 4.79 Å². The summed E-state index contributed by atoms with van der Waals surface area (Å²) >= 11 is 0. The second-order valence-electron chi connectivity index (χ2n) is 6.60. The first-order valence-electron chi connectivity index (χ1n) is 8.89. The summed E-state index contributed by atoms with van der Waals surface area (Å²) in [6.07, 6.45) is 0. The van der Waals surface area contributed by atoms with E-state index in [0.717, 1.165) is 11.3 Å². The Labute approximate surface area is 160 Å². The van der Waals surface area contributed by atoms with E-state index in [2.05, 4.69) is 42.6 Å². The topological polar surface area (TPSA) is 41.6 Å². The van der Waals surface area contributed by atoms with Gasteiger partial charge in [0, 0.05) is 25.8 Å². The molecular formula is C23H24N2O2. The first-order chi connectivity index (χ1) is 13.0. The zero-order valence-electron chi connectivity index (χ0n) is 15.9. The van der Waals surface area contributed by atoms with Crippen LogP contribution in [0.3, 0.4) is 0 Å². The van der Waals surface area contributed by atoms with Crippen molar-refractivity contribution in [2.75, 3.05) is 19.4 Å². The third-order valence-corrected chi connectivity index (χ3v) is 4.42. The highest BCUT2D eigenvalue weighted by atomic mass is 16.5. The summed E-state index contributed by atoms with van der Waals surface area (Å²) in [5.74, 6) is 0.719. The molecule has 3 rings (SSSR count). The van der Waals surface area contributed by atoms with Crippen LogP contribution in [0.1, 0.15) is 11.1 Å². The molecule has 0 aliphatic rings. The Hall–Kier alpha value is -3.27. The second kappa shape index (κ2) is 8.41. The molecule has 0 heterocycles. The molecule has 138 valence electrons. The summed E-state index contributed by atoms with van der Waals surface area (Å²) in [5, 5.41) is 2.83. The van der Waals surface area contributed by atoms with Gasteiger partial charge in [-0.1, -0.05) is 54.6 Å². The van der Waals surface area contributed by atoms with Gasteiger partial charge < -0.3 is 15.0 Å². The second-order valence-corrected chi connectivity index (χ2v) is 6.60. The van der Waals surface area contributed by atoms with Crippen LogP contribution in [0.5, 0.6) is 5.75 Å². The SMILES string of the molecule is Cc1c(COc2cccc(NC(=O)N(C)C)c2)cccc1-c1ccccc1. The van der Waals surface area contributed by atoms with Crippen molar-refractivity contribution >= 4 is 11.7 Å². The average Bonchev–Trinajstić information content (AvgIpc) is 2.68. The molecule has 0 saturated carbocycles. The molecule has 0 bridgehead atoms. The van der Waals surface area contributed by atoms with Crippen molar-refractivity contribution in [3.05, 3.63) is 83.9 Å². The van der Waals surface area contributed by atoms with Gasteiger partial charge in [0.05, 0.1) is 0 Å². The van der Waals surface area contributed by atoms with Gasteiger partial charge in [-0.15, -0.1) is 0 Å². The van der Waals surface area contributed by atoms with E-state index < -0.39 is 0 Å². The van der Waals surface area contributed by atoms with E-state index in [1.54, 1.807) is 14.1 Å². The highest BCUT2D eigenvalue weighted by Crippen LogP contribution is 2.27. The maximum atomic E-state index is 11.8. The molecule has 0 atom stereocenters. The van der Waals surface area contributed by atoms with Gasteiger partial charge in [-0.25, -0.2) is 4.79 Å². The van der Waals surface area contributed by atoms with Gasteiger partial charge in [-0.05, 0) is 41.3 Å². The minimum atomic E-state index is -0.168. The molecule has 3 aromatic rings. The molecule has 0 unspecified atom stereocenters. The van der Waals surface area contributed by atoms with Crippen molar-refractivity contribution in [3.63, 3.8) is 0 Å². The van der Waals surface area contributed by atoms with Crippen LogP contribution >= 0.6 is 0 Å². The highest BCUT2D eigenvalue weighted by molar-refractivity contribution is 5.89. The Kier molecular flexibility index (Phi) is 5.77. The lowest BCUT2D eigenvalue weighted by Gasteiger charge is -2.14. The maximum Gasteiger partial charge on any atom is 0.321 e. The molecule has 0 saturated heterocycles. The predicted octanol–water partition coefficient (Wildman–Crippen LogP) is 5.33. The maximum absolute atomic E-state index is 11.8. The minimum absolute atomic E-state index is 0.168. The lowest BCUT2D eigenvalue weighted by atomic mass is 9.97. The Bertz CT molecular complexity index is 921. The summed E-state index contributed by atoms with van der Waals surface area (Å²) in [4.78, 5) is 13.3. The van der Waals surface area contributed by atoms with Crippen molar-refractivity contribution < 1.29 is 9.53 Å². The first kappa shape index (κ1) is 18.5. The quantitative estimate of drug-likeness (QED) is 0.668.